The van der Waals surface area contributed by atoms with E-state index in [2.05, 4.69) is 11.9 Å². The predicted molar refractivity (Wildman–Crippen MR) is 78.0 cm³/mol. The molecule has 0 saturated carbocycles. The van der Waals surface area contributed by atoms with Crippen LogP contribution < -0.4 is 5.32 Å². The number of furan rings is 1. The lowest BCUT2D eigenvalue weighted by atomic mass is 9.98. The molecule has 1 aromatic heterocycles. The van der Waals surface area contributed by atoms with Gasteiger partial charge in [0.2, 0.25) is 11.8 Å². The highest BCUT2D eigenvalue weighted by Crippen LogP contribution is 2.39. The number of β-lactam (4-membered cyclic amide) rings is 1. The number of carbonyl (C=O) groups is 3. The summed E-state index contributed by atoms with van der Waals surface area (Å²) in [5.41, 5.74) is 0.488. The molecule has 2 aliphatic rings. The third kappa shape index (κ3) is 2.39. The quantitative estimate of drug-likeness (QED) is 0.608. The minimum absolute atomic E-state index is 0.0449. The summed E-state index contributed by atoms with van der Waals surface area (Å²) in [5.74, 6) is -0.850. The summed E-state index contributed by atoms with van der Waals surface area (Å²) in [6.07, 6.45) is 1.52. The largest absolute Gasteiger partial charge is 0.479 e. The van der Waals surface area contributed by atoms with Crippen LogP contribution in [-0.4, -0.2) is 51.0 Å². The first-order chi connectivity index (χ1) is 10.5. The summed E-state index contributed by atoms with van der Waals surface area (Å²) in [6.45, 7) is 3.71. The Labute approximate surface area is 130 Å². The van der Waals surface area contributed by atoms with Crippen molar-refractivity contribution in [2.75, 3.05) is 5.75 Å². The van der Waals surface area contributed by atoms with Crippen LogP contribution in [0.3, 0.4) is 0 Å². The van der Waals surface area contributed by atoms with Crippen molar-refractivity contribution in [1.82, 2.24) is 10.2 Å². The molecule has 0 bridgehead atoms. The third-order valence-electron chi connectivity index (χ3n) is 3.65. The van der Waals surface area contributed by atoms with Crippen LogP contribution in [0, 0.1) is 0 Å². The average molecular weight is 322 g/mol. The fourth-order valence-corrected chi connectivity index (χ4v) is 3.93. The number of hydrogen-bond donors (Lipinski definition) is 2. The first-order valence-electron chi connectivity index (χ1n) is 6.65. The molecule has 2 N–H and O–H groups in total. The van der Waals surface area contributed by atoms with Gasteiger partial charge in [-0.05, 0) is 17.7 Å². The predicted octanol–water partition coefficient (Wildman–Crippen LogP) is 0.231. The Morgan fingerprint density at radius 1 is 1.55 bits per heavy atom. The Hall–Kier alpha value is -2.22. The van der Waals surface area contributed by atoms with Gasteiger partial charge in [0, 0.05) is 5.75 Å². The number of carboxylic acid groups (broad SMARTS) is 1. The number of rotatable bonds is 4. The van der Waals surface area contributed by atoms with Gasteiger partial charge in [0.05, 0.1) is 12.7 Å². The van der Waals surface area contributed by atoms with Gasteiger partial charge in [-0.15, -0.1) is 11.8 Å². The van der Waals surface area contributed by atoms with Gasteiger partial charge >= 0.3 is 5.97 Å². The van der Waals surface area contributed by atoms with Gasteiger partial charge in [0.1, 0.15) is 17.2 Å². The maximum Gasteiger partial charge on any atom is 0.330 e. The van der Waals surface area contributed by atoms with Crippen molar-refractivity contribution in [2.24, 2.45) is 0 Å². The second-order valence-corrected chi connectivity index (χ2v) is 6.25. The molecule has 3 heterocycles. The number of nitrogens with zero attached hydrogens (tertiary/aromatic N) is 1. The van der Waals surface area contributed by atoms with Crippen molar-refractivity contribution in [2.45, 2.75) is 23.9 Å². The van der Waals surface area contributed by atoms with Crippen molar-refractivity contribution in [3.8, 4) is 0 Å². The van der Waals surface area contributed by atoms with Crippen LogP contribution in [0.4, 0.5) is 0 Å². The molecule has 1 aromatic rings. The molecule has 3 rings (SSSR count). The number of fused-ring (bicyclic) bond motifs is 1. The molecule has 0 aliphatic carbocycles. The topological polar surface area (TPSA) is 99.9 Å². The Bertz CT molecular complexity index is 642. The van der Waals surface area contributed by atoms with Gasteiger partial charge in [-0.3, -0.25) is 9.59 Å². The number of carbonyl (C=O) groups excluding carboxylic acids is 2. The van der Waals surface area contributed by atoms with Crippen LogP contribution in [0.1, 0.15) is 5.76 Å². The van der Waals surface area contributed by atoms with Crippen LogP contribution in [0.15, 0.2) is 35.0 Å². The Morgan fingerprint density at radius 2 is 2.32 bits per heavy atom. The summed E-state index contributed by atoms with van der Waals surface area (Å²) in [5, 5.41) is 11.5. The highest BCUT2D eigenvalue weighted by molar-refractivity contribution is 8.00. The second-order valence-electron chi connectivity index (χ2n) is 5.15. The van der Waals surface area contributed by atoms with Gasteiger partial charge in [0.15, 0.2) is 6.04 Å². The molecule has 8 heteroatoms. The minimum Gasteiger partial charge on any atom is -0.479 e. The van der Waals surface area contributed by atoms with E-state index in [4.69, 9.17) is 4.42 Å². The van der Waals surface area contributed by atoms with Crippen molar-refractivity contribution >= 4 is 29.5 Å². The molecular formula is C14H14N2O5S. The Morgan fingerprint density at radius 3 is 2.95 bits per heavy atom. The maximum atomic E-state index is 12.2. The fourth-order valence-electron chi connectivity index (χ4n) is 2.63. The van der Waals surface area contributed by atoms with E-state index in [1.165, 1.54) is 22.9 Å². The molecule has 3 atom stereocenters. The van der Waals surface area contributed by atoms with E-state index < -0.39 is 24.0 Å². The summed E-state index contributed by atoms with van der Waals surface area (Å²) in [6, 6.07) is 1.66. The summed E-state index contributed by atoms with van der Waals surface area (Å²) < 4.78 is 5.08. The van der Waals surface area contributed by atoms with E-state index in [-0.39, 0.29) is 17.7 Å². The molecule has 2 amide bonds. The van der Waals surface area contributed by atoms with Crippen molar-refractivity contribution < 1.29 is 23.9 Å². The first-order valence-corrected chi connectivity index (χ1v) is 7.70. The molecule has 2 unspecified atom stereocenters. The number of carboxylic acids is 1. The second kappa shape index (κ2) is 5.53. The van der Waals surface area contributed by atoms with E-state index in [1.54, 1.807) is 12.1 Å². The van der Waals surface area contributed by atoms with Crippen molar-refractivity contribution in [3.05, 3.63) is 36.3 Å². The van der Waals surface area contributed by atoms with Crippen LogP contribution >= 0.6 is 11.8 Å². The van der Waals surface area contributed by atoms with Gasteiger partial charge in [-0.25, -0.2) is 4.79 Å². The number of nitrogens with one attached hydrogen (secondary N) is 1. The van der Waals surface area contributed by atoms with E-state index in [0.29, 0.717) is 17.1 Å². The van der Waals surface area contributed by atoms with Crippen molar-refractivity contribution in [3.63, 3.8) is 0 Å². The van der Waals surface area contributed by atoms with E-state index in [9.17, 15) is 19.5 Å². The smallest absolute Gasteiger partial charge is 0.330 e. The highest BCUT2D eigenvalue weighted by Gasteiger charge is 2.56. The Kier molecular flexibility index (Phi) is 3.69. The zero-order valence-electron chi connectivity index (χ0n) is 11.5. The molecule has 2 saturated heterocycles. The van der Waals surface area contributed by atoms with Crippen LogP contribution in [0.25, 0.3) is 0 Å². The molecule has 7 nitrogen and oxygen atoms in total. The minimum atomic E-state index is -1.09. The molecule has 2 aliphatic heterocycles. The zero-order chi connectivity index (χ0) is 15.9. The van der Waals surface area contributed by atoms with Gasteiger partial charge in [0.25, 0.3) is 0 Å². The number of aliphatic carboxylic acids is 1. The molecule has 0 aromatic carbocycles. The number of hydrogen-bond acceptors (Lipinski definition) is 5. The standard InChI is InChI=1S/C14H14N2O5S/c1-7-6-22-13-10(12(18)16(13)11(7)14(19)20)15-9(17)5-8-3-2-4-21-8/h2-4,10-11,13H,1,5-6H2,(H,15,17)(H,19,20)/t10?,11?,13-/m0/s1. The molecule has 22 heavy (non-hydrogen) atoms. The maximum absolute atomic E-state index is 12.2. The monoisotopic (exact) mass is 322 g/mol. The van der Waals surface area contributed by atoms with Crippen LogP contribution in [-0.2, 0) is 20.8 Å². The van der Waals surface area contributed by atoms with Gasteiger partial charge < -0.3 is 19.7 Å². The lowest BCUT2D eigenvalue weighted by Crippen LogP contribution is -2.74. The molecule has 2 fully saturated rings. The SMILES string of the molecule is C=C1CS[C@H]2C(NC(=O)Cc3ccco3)C(=O)N2C1C(=O)O. The van der Waals surface area contributed by atoms with Gasteiger partial charge in [-0.2, -0.15) is 0 Å². The first kappa shape index (κ1) is 14.7. The summed E-state index contributed by atoms with van der Waals surface area (Å²) in [7, 11) is 0. The Balaban J connectivity index is 1.65. The molecule has 116 valence electrons. The third-order valence-corrected chi connectivity index (χ3v) is 5.03. The van der Waals surface area contributed by atoms with E-state index in [0.717, 1.165) is 0 Å². The van der Waals surface area contributed by atoms with Crippen LogP contribution in [0.2, 0.25) is 0 Å². The summed E-state index contributed by atoms with van der Waals surface area (Å²) >= 11 is 1.41. The molecule has 0 radical (unpaired) electrons. The van der Waals surface area contributed by atoms with Gasteiger partial charge in [-0.1, -0.05) is 6.58 Å². The lowest BCUT2D eigenvalue weighted by Gasteiger charge is -2.52. The summed E-state index contributed by atoms with van der Waals surface area (Å²) in [4.78, 5) is 36.6. The van der Waals surface area contributed by atoms with E-state index >= 15 is 0 Å². The number of thioether (sulfide) groups is 1. The van der Waals surface area contributed by atoms with E-state index in [1.807, 2.05) is 0 Å². The fraction of sp³-hybridized carbons (Fsp3) is 0.357. The van der Waals surface area contributed by atoms with Crippen molar-refractivity contribution in [1.29, 1.82) is 0 Å². The lowest BCUT2D eigenvalue weighted by molar-refractivity contribution is -0.160. The normalized spacial score (nSPS) is 27.1. The molecule has 0 spiro atoms. The zero-order valence-corrected chi connectivity index (χ0v) is 12.3. The average Bonchev–Trinajstić information content (AvgIpc) is 2.97. The van der Waals surface area contributed by atoms with Crippen LogP contribution in [0.5, 0.6) is 0 Å². The number of amides is 2. The highest BCUT2D eigenvalue weighted by atomic mass is 32.2. The molecular weight excluding hydrogens is 308 g/mol.